The summed E-state index contributed by atoms with van der Waals surface area (Å²) in [6, 6.07) is 1.79. The van der Waals surface area contributed by atoms with Crippen molar-refractivity contribution < 1.29 is 9.21 Å². The van der Waals surface area contributed by atoms with Crippen LogP contribution in [0.5, 0.6) is 0 Å². The highest BCUT2D eigenvalue weighted by atomic mass is 32.1. The molecule has 0 atom stereocenters. The van der Waals surface area contributed by atoms with Crippen molar-refractivity contribution >= 4 is 17.1 Å². The van der Waals surface area contributed by atoms with Crippen LogP contribution in [0.25, 0.3) is 0 Å². The maximum atomic E-state index is 12.0. The molecule has 0 saturated carbocycles. The minimum atomic E-state index is 0.0729. The number of hydrogen-bond donors (Lipinski definition) is 0. The van der Waals surface area contributed by atoms with Crippen molar-refractivity contribution in [3.8, 4) is 0 Å². The summed E-state index contributed by atoms with van der Waals surface area (Å²) in [5.41, 5.74) is 1.64. The molecule has 4 heteroatoms. The summed E-state index contributed by atoms with van der Waals surface area (Å²) in [6.07, 6.45) is 0.359. The third-order valence-corrected chi connectivity index (χ3v) is 3.29. The van der Waals surface area contributed by atoms with Gasteiger partial charge in [-0.15, -0.1) is 11.3 Å². The number of carbonyl (C=O) groups excluding carboxylic acids is 1. The van der Waals surface area contributed by atoms with Gasteiger partial charge in [-0.1, -0.05) is 0 Å². The van der Waals surface area contributed by atoms with Crippen LogP contribution in [0.4, 0.5) is 0 Å². The molecule has 0 unspecified atom stereocenters. The molecule has 2 aromatic rings. The number of nitrogens with zero attached hydrogens (tertiary/aromatic N) is 1. The van der Waals surface area contributed by atoms with Crippen LogP contribution in [0.15, 0.2) is 15.9 Å². The summed E-state index contributed by atoms with van der Waals surface area (Å²) in [6.45, 7) is 5.59. The Bertz CT molecular complexity index is 525. The summed E-state index contributed by atoms with van der Waals surface area (Å²) < 4.78 is 5.34. The summed E-state index contributed by atoms with van der Waals surface area (Å²) in [7, 11) is 0. The first-order chi connectivity index (χ1) is 7.56. The molecule has 0 aromatic carbocycles. The van der Waals surface area contributed by atoms with E-state index in [9.17, 15) is 4.79 Å². The highest BCUT2D eigenvalue weighted by molar-refractivity contribution is 7.09. The van der Waals surface area contributed by atoms with E-state index in [1.165, 1.54) is 11.3 Å². The van der Waals surface area contributed by atoms with Crippen LogP contribution in [0.1, 0.15) is 32.6 Å². The summed E-state index contributed by atoms with van der Waals surface area (Å²) >= 11 is 1.52. The number of Topliss-reactive ketones (excluding diaryl/α,β-unsaturated/α-hetero) is 1. The molecule has 0 fully saturated rings. The minimum Gasteiger partial charge on any atom is -0.466 e. The van der Waals surface area contributed by atoms with Crippen LogP contribution in [-0.2, 0) is 6.42 Å². The number of carbonyl (C=O) groups is 1. The van der Waals surface area contributed by atoms with E-state index in [4.69, 9.17) is 4.42 Å². The van der Waals surface area contributed by atoms with Crippen molar-refractivity contribution in [2.75, 3.05) is 0 Å². The van der Waals surface area contributed by atoms with Gasteiger partial charge in [0.05, 0.1) is 12.0 Å². The van der Waals surface area contributed by atoms with Gasteiger partial charge in [-0.3, -0.25) is 4.79 Å². The van der Waals surface area contributed by atoms with Crippen LogP contribution in [0.2, 0.25) is 0 Å². The van der Waals surface area contributed by atoms with Gasteiger partial charge in [-0.2, -0.15) is 0 Å². The van der Waals surface area contributed by atoms with Crippen LogP contribution in [-0.4, -0.2) is 10.8 Å². The lowest BCUT2D eigenvalue weighted by atomic mass is 10.1. The smallest absolute Gasteiger partial charge is 0.173 e. The molecule has 2 rings (SSSR count). The third kappa shape index (κ3) is 2.22. The second kappa shape index (κ2) is 4.22. The van der Waals surface area contributed by atoms with E-state index in [-0.39, 0.29) is 5.78 Å². The van der Waals surface area contributed by atoms with Gasteiger partial charge in [0.25, 0.3) is 0 Å². The van der Waals surface area contributed by atoms with Crippen LogP contribution < -0.4 is 0 Å². The molecule has 3 nitrogen and oxygen atoms in total. The largest absolute Gasteiger partial charge is 0.466 e. The Kier molecular flexibility index (Phi) is 2.92. The number of furan rings is 1. The first kappa shape index (κ1) is 11.1. The van der Waals surface area contributed by atoms with Crippen molar-refractivity contribution in [2.24, 2.45) is 0 Å². The maximum Gasteiger partial charge on any atom is 0.173 e. The fourth-order valence-electron chi connectivity index (χ4n) is 1.62. The van der Waals surface area contributed by atoms with E-state index >= 15 is 0 Å². The molecule has 0 radical (unpaired) electrons. The topological polar surface area (TPSA) is 43.1 Å². The molecule has 0 saturated heterocycles. The number of hydrogen-bond acceptors (Lipinski definition) is 4. The molecule has 0 aliphatic carbocycles. The summed E-state index contributed by atoms with van der Waals surface area (Å²) in [5.74, 6) is 1.54. The Morgan fingerprint density at radius 2 is 2.19 bits per heavy atom. The Labute approximate surface area is 98.1 Å². The molecule has 84 valence electrons. The lowest BCUT2D eigenvalue weighted by molar-refractivity contribution is 0.0991. The summed E-state index contributed by atoms with van der Waals surface area (Å²) in [5, 5.41) is 2.82. The molecule has 0 bridgehead atoms. The second-order valence-corrected chi connectivity index (χ2v) is 4.75. The zero-order valence-corrected chi connectivity index (χ0v) is 10.4. The van der Waals surface area contributed by atoms with Crippen LogP contribution in [0, 0.1) is 20.8 Å². The highest BCUT2D eigenvalue weighted by Crippen LogP contribution is 2.17. The Morgan fingerprint density at radius 3 is 2.69 bits per heavy atom. The van der Waals surface area contributed by atoms with Crippen molar-refractivity contribution in [3.63, 3.8) is 0 Å². The average Bonchev–Trinajstić information content (AvgIpc) is 2.73. The van der Waals surface area contributed by atoms with Gasteiger partial charge in [0.15, 0.2) is 5.78 Å². The SMILES string of the molecule is Cc1csc(CC(=O)c2cc(C)oc2C)n1. The molecular weight excluding hydrogens is 222 g/mol. The fourth-order valence-corrected chi connectivity index (χ4v) is 2.39. The number of thiazole rings is 1. The first-order valence-corrected chi connectivity index (χ1v) is 5.95. The monoisotopic (exact) mass is 235 g/mol. The average molecular weight is 235 g/mol. The normalized spacial score (nSPS) is 10.7. The van der Waals surface area contributed by atoms with E-state index in [1.54, 1.807) is 6.07 Å². The zero-order valence-electron chi connectivity index (χ0n) is 9.53. The van der Waals surface area contributed by atoms with Gasteiger partial charge in [-0.05, 0) is 26.8 Å². The Morgan fingerprint density at radius 1 is 1.44 bits per heavy atom. The molecule has 0 spiro atoms. The fraction of sp³-hybridized carbons (Fsp3) is 0.333. The van der Waals surface area contributed by atoms with Crippen LogP contribution in [0.3, 0.4) is 0 Å². The minimum absolute atomic E-state index is 0.0729. The van der Waals surface area contributed by atoms with Gasteiger partial charge in [0.1, 0.15) is 16.5 Å². The molecule has 2 aromatic heterocycles. The maximum absolute atomic E-state index is 12.0. The number of aryl methyl sites for hydroxylation is 3. The summed E-state index contributed by atoms with van der Waals surface area (Å²) in [4.78, 5) is 16.2. The highest BCUT2D eigenvalue weighted by Gasteiger charge is 2.15. The van der Waals surface area contributed by atoms with Crippen molar-refractivity contribution in [1.82, 2.24) is 4.98 Å². The van der Waals surface area contributed by atoms with Crippen molar-refractivity contribution in [2.45, 2.75) is 27.2 Å². The lowest BCUT2D eigenvalue weighted by Crippen LogP contribution is -2.03. The third-order valence-electron chi connectivity index (χ3n) is 2.32. The first-order valence-electron chi connectivity index (χ1n) is 5.07. The zero-order chi connectivity index (χ0) is 11.7. The molecular formula is C12H13NO2S. The van der Waals surface area contributed by atoms with Gasteiger partial charge in [0, 0.05) is 11.1 Å². The molecule has 0 amide bonds. The van der Waals surface area contributed by atoms with E-state index in [0.29, 0.717) is 17.7 Å². The molecule has 0 N–H and O–H groups in total. The van der Waals surface area contributed by atoms with E-state index in [1.807, 2.05) is 26.2 Å². The van der Waals surface area contributed by atoms with E-state index in [2.05, 4.69) is 4.98 Å². The quantitative estimate of drug-likeness (QED) is 0.768. The lowest BCUT2D eigenvalue weighted by Gasteiger charge is -1.95. The predicted molar refractivity (Wildman–Crippen MR) is 63.1 cm³/mol. The Hall–Kier alpha value is -1.42. The van der Waals surface area contributed by atoms with Crippen LogP contribution >= 0.6 is 11.3 Å². The van der Waals surface area contributed by atoms with E-state index < -0.39 is 0 Å². The van der Waals surface area contributed by atoms with Gasteiger partial charge in [-0.25, -0.2) is 4.98 Å². The molecule has 0 aliphatic heterocycles. The van der Waals surface area contributed by atoms with E-state index in [0.717, 1.165) is 16.5 Å². The van der Waals surface area contributed by atoms with Gasteiger partial charge < -0.3 is 4.42 Å². The number of rotatable bonds is 3. The van der Waals surface area contributed by atoms with Crippen molar-refractivity contribution in [3.05, 3.63) is 39.2 Å². The standard InChI is InChI=1S/C12H13NO2S/c1-7-6-16-12(13-7)5-11(14)10-4-8(2)15-9(10)3/h4,6H,5H2,1-3H3. The van der Waals surface area contributed by atoms with Gasteiger partial charge in [0.2, 0.25) is 0 Å². The molecule has 2 heterocycles. The molecule has 0 aliphatic rings. The van der Waals surface area contributed by atoms with Gasteiger partial charge >= 0.3 is 0 Å². The number of aromatic nitrogens is 1. The number of ketones is 1. The molecule has 16 heavy (non-hydrogen) atoms. The second-order valence-electron chi connectivity index (χ2n) is 3.81. The van der Waals surface area contributed by atoms with Crippen molar-refractivity contribution in [1.29, 1.82) is 0 Å². The predicted octanol–water partition coefficient (Wildman–Crippen LogP) is 3.09. The Balaban J connectivity index is 2.17.